The Morgan fingerprint density at radius 3 is 2.62 bits per heavy atom. The number of hydrogen-bond donors (Lipinski definition) is 1. The second-order valence-electron chi connectivity index (χ2n) is 6.45. The van der Waals surface area contributed by atoms with Crippen molar-refractivity contribution in [3.8, 4) is 0 Å². The van der Waals surface area contributed by atoms with Crippen LogP contribution in [0.1, 0.15) is 37.0 Å². The normalized spacial score (nSPS) is 17.9. The highest BCUT2D eigenvalue weighted by atomic mass is 16.5. The van der Waals surface area contributed by atoms with Gasteiger partial charge in [0, 0.05) is 25.8 Å². The van der Waals surface area contributed by atoms with Crippen molar-refractivity contribution >= 4 is 23.5 Å². The van der Waals surface area contributed by atoms with Gasteiger partial charge in [-0.2, -0.15) is 0 Å². The summed E-state index contributed by atoms with van der Waals surface area (Å²) in [5.74, 6) is -1.01. The maximum Gasteiger partial charge on any atom is 0.338 e. The molecule has 1 aliphatic heterocycles. The molecule has 0 radical (unpaired) electrons. The number of carbonyl (C=O) groups excluding carboxylic acids is 3. The van der Waals surface area contributed by atoms with Crippen molar-refractivity contribution < 1.29 is 23.9 Å². The summed E-state index contributed by atoms with van der Waals surface area (Å²) in [6.45, 7) is 5.03. The largest absolute Gasteiger partial charge is 0.462 e. The van der Waals surface area contributed by atoms with Crippen LogP contribution >= 0.6 is 0 Å². The van der Waals surface area contributed by atoms with Crippen LogP contribution in [-0.2, 0) is 19.1 Å². The van der Waals surface area contributed by atoms with Crippen LogP contribution < -0.4 is 5.32 Å². The van der Waals surface area contributed by atoms with Gasteiger partial charge in [0.25, 0.3) is 0 Å². The Balaban J connectivity index is 1.91. The Labute approximate surface area is 153 Å². The predicted octanol–water partition coefficient (Wildman–Crippen LogP) is 2.08. The number of anilines is 1. The highest BCUT2D eigenvalue weighted by Crippen LogP contribution is 2.22. The van der Waals surface area contributed by atoms with Crippen molar-refractivity contribution in [1.82, 2.24) is 4.90 Å². The third-order valence-corrected chi connectivity index (χ3v) is 4.29. The van der Waals surface area contributed by atoms with Crippen LogP contribution in [0.25, 0.3) is 0 Å². The highest BCUT2D eigenvalue weighted by molar-refractivity contribution is 5.97. The van der Waals surface area contributed by atoms with E-state index in [1.54, 1.807) is 36.3 Å². The molecule has 0 aliphatic carbocycles. The number of rotatable bonds is 8. The molecule has 7 heteroatoms. The first kappa shape index (κ1) is 19.9. The third-order valence-electron chi connectivity index (χ3n) is 4.29. The minimum absolute atomic E-state index is 0.0382. The maximum absolute atomic E-state index is 12.4. The monoisotopic (exact) mass is 362 g/mol. The Kier molecular flexibility index (Phi) is 7.15. The SMILES string of the molecule is CCCOC(=O)c1ccc(NC(=O)[C@@H]2CC(=O)N([C@H](C)COC)C2)cc1. The summed E-state index contributed by atoms with van der Waals surface area (Å²) in [6.07, 6.45) is 0.960. The Morgan fingerprint density at radius 1 is 1.31 bits per heavy atom. The first-order chi connectivity index (χ1) is 12.5. The molecule has 1 aliphatic rings. The van der Waals surface area contributed by atoms with E-state index >= 15 is 0 Å². The number of methoxy groups -OCH3 is 1. The van der Waals surface area contributed by atoms with Crippen LogP contribution in [0.5, 0.6) is 0 Å². The molecule has 142 valence electrons. The van der Waals surface area contributed by atoms with Gasteiger partial charge in [-0.15, -0.1) is 0 Å². The van der Waals surface area contributed by atoms with E-state index in [9.17, 15) is 14.4 Å². The average molecular weight is 362 g/mol. The van der Waals surface area contributed by atoms with Crippen molar-refractivity contribution in [2.45, 2.75) is 32.7 Å². The van der Waals surface area contributed by atoms with Crippen LogP contribution in [0, 0.1) is 5.92 Å². The molecule has 0 spiro atoms. The van der Waals surface area contributed by atoms with Gasteiger partial charge >= 0.3 is 5.97 Å². The summed E-state index contributed by atoms with van der Waals surface area (Å²) in [5, 5.41) is 2.80. The predicted molar refractivity (Wildman–Crippen MR) is 96.8 cm³/mol. The molecule has 1 fully saturated rings. The van der Waals surface area contributed by atoms with Crippen LogP contribution in [0.2, 0.25) is 0 Å². The lowest BCUT2D eigenvalue weighted by Crippen LogP contribution is -2.38. The molecule has 2 amide bonds. The Morgan fingerprint density at radius 2 is 2.00 bits per heavy atom. The van der Waals surface area contributed by atoms with Crippen molar-refractivity contribution in [2.24, 2.45) is 5.92 Å². The fourth-order valence-electron chi connectivity index (χ4n) is 2.88. The van der Waals surface area contributed by atoms with E-state index in [1.165, 1.54) is 0 Å². The van der Waals surface area contributed by atoms with E-state index in [0.717, 1.165) is 6.42 Å². The zero-order chi connectivity index (χ0) is 19.1. The van der Waals surface area contributed by atoms with Gasteiger partial charge in [0.1, 0.15) is 0 Å². The Hall–Kier alpha value is -2.41. The molecule has 2 rings (SSSR count). The van der Waals surface area contributed by atoms with Crippen molar-refractivity contribution in [3.05, 3.63) is 29.8 Å². The van der Waals surface area contributed by atoms with E-state index in [2.05, 4.69) is 5.32 Å². The average Bonchev–Trinajstić information content (AvgIpc) is 3.02. The van der Waals surface area contributed by atoms with Crippen molar-refractivity contribution in [2.75, 3.05) is 32.2 Å². The van der Waals surface area contributed by atoms with Gasteiger partial charge in [-0.05, 0) is 37.6 Å². The molecule has 2 atom stereocenters. The van der Waals surface area contributed by atoms with Crippen LogP contribution in [-0.4, -0.2) is 55.6 Å². The molecule has 0 bridgehead atoms. The number of ether oxygens (including phenoxy) is 2. The summed E-state index contributed by atoms with van der Waals surface area (Å²) in [7, 11) is 1.59. The fraction of sp³-hybridized carbons (Fsp3) is 0.526. The number of nitrogens with zero attached hydrogens (tertiary/aromatic N) is 1. The smallest absolute Gasteiger partial charge is 0.338 e. The summed E-state index contributed by atoms with van der Waals surface area (Å²) < 4.78 is 10.1. The molecule has 0 saturated carbocycles. The quantitative estimate of drug-likeness (QED) is 0.716. The molecule has 1 aromatic carbocycles. The molecule has 0 aromatic heterocycles. The van der Waals surface area contributed by atoms with Gasteiger partial charge in [0.15, 0.2) is 0 Å². The first-order valence-corrected chi connectivity index (χ1v) is 8.82. The number of carbonyl (C=O) groups is 3. The maximum atomic E-state index is 12.4. The molecule has 1 aromatic rings. The van der Waals surface area contributed by atoms with Crippen LogP contribution in [0.3, 0.4) is 0 Å². The molecule has 26 heavy (non-hydrogen) atoms. The molecule has 0 unspecified atom stereocenters. The molecular formula is C19H26N2O5. The van der Waals surface area contributed by atoms with E-state index < -0.39 is 5.92 Å². The van der Waals surface area contributed by atoms with Gasteiger partial charge in [-0.25, -0.2) is 4.79 Å². The lowest BCUT2D eigenvalue weighted by atomic mass is 10.1. The molecule has 1 heterocycles. The van der Waals surface area contributed by atoms with Gasteiger partial charge in [-0.1, -0.05) is 6.92 Å². The number of likely N-dealkylation sites (tertiary alicyclic amines) is 1. The minimum Gasteiger partial charge on any atom is -0.462 e. The second kappa shape index (κ2) is 9.33. The van der Waals surface area contributed by atoms with E-state index in [-0.39, 0.29) is 30.2 Å². The lowest BCUT2D eigenvalue weighted by molar-refractivity contribution is -0.130. The van der Waals surface area contributed by atoms with Gasteiger partial charge in [0.2, 0.25) is 11.8 Å². The van der Waals surface area contributed by atoms with E-state index in [4.69, 9.17) is 9.47 Å². The van der Waals surface area contributed by atoms with Gasteiger partial charge < -0.3 is 19.7 Å². The summed E-state index contributed by atoms with van der Waals surface area (Å²) in [6, 6.07) is 6.48. The molecular weight excluding hydrogens is 336 g/mol. The number of esters is 1. The number of nitrogens with one attached hydrogen (secondary N) is 1. The number of benzene rings is 1. The van der Waals surface area contributed by atoms with Crippen LogP contribution in [0.15, 0.2) is 24.3 Å². The highest BCUT2D eigenvalue weighted by Gasteiger charge is 2.36. The minimum atomic E-state index is -0.393. The van der Waals surface area contributed by atoms with Crippen molar-refractivity contribution in [1.29, 1.82) is 0 Å². The topological polar surface area (TPSA) is 84.9 Å². The summed E-state index contributed by atoms with van der Waals surface area (Å²) in [5.41, 5.74) is 1.02. The summed E-state index contributed by atoms with van der Waals surface area (Å²) in [4.78, 5) is 38.0. The first-order valence-electron chi connectivity index (χ1n) is 8.82. The number of hydrogen-bond acceptors (Lipinski definition) is 5. The van der Waals surface area contributed by atoms with E-state index in [1.807, 2.05) is 13.8 Å². The zero-order valence-electron chi connectivity index (χ0n) is 15.5. The zero-order valence-corrected chi connectivity index (χ0v) is 15.5. The third kappa shape index (κ3) is 5.05. The van der Waals surface area contributed by atoms with E-state index in [0.29, 0.717) is 31.0 Å². The lowest BCUT2D eigenvalue weighted by Gasteiger charge is -2.23. The fourth-order valence-corrected chi connectivity index (χ4v) is 2.88. The second-order valence-corrected chi connectivity index (χ2v) is 6.45. The number of amides is 2. The molecule has 7 nitrogen and oxygen atoms in total. The molecule has 1 saturated heterocycles. The summed E-state index contributed by atoms with van der Waals surface area (Å²) >= 11 is 0. The van der Waals surface area contributed by atoms with Gasteiger partial charge in [-0.3, -0.25) is 9.59 Å². The van der Waals surface area contributed by atoms with Gasteiger partial charge in [0.05, 0.1) is 30.7 Å². The Bertz CT molecular complexity index is 644. The standard InChI is InChI=1S/C19H26N2O5/c1-4-9-26-19(24)14-5-7-16(8-6-14)20-18(23)15-10-17(22)21(11-15)13(2)12-25-3/h5-8,13,15H,4,9-12H2,1-3H3,(H,20,23)/t13-,15-/m1/s1. The molecule has 1 N–H and O–H groups in total. The van der Waals surface area contributed by atoms with Crippen LogP contribution in [0.4, 0.5) is 5.69 Å². The van der Waals surface area contributed by atoms with Crippen molar-refractivity contribution in [3.63, 3.8) is 0 Å².